The van der Waals surface area contributed by atoms with Crippen molar-refractivity contribution < 1.29 is 22.7 Å². The maximum absolute atomic E-state index is 12.9. The number of sulfone groups is 1. The van der Waals surface area contributed by atoms with Gasteiger partial charge in [0.15, 0.2) is 27.2 Å². The molecule has 0 saturated carbocycles. The quantitative estimate of drug-likeness (QED) is 0.552. The number of fused-ring (bicyclic) bond motifs is 4. The highest BCUT2D eigenvalue weighted by atomic mass is 32.2. The molecule has 2 unspecified atom stereocenters. The van der Waals surface area contributed by atoms with E-state index in [2.05, 4.69) is 20.2 Å². The van der Waals surface area contributed by atoms with Gasteiger partial charge in [-0.2, -0.15) is 0 Å². The lowest BCUT2D eigenvalue weighted by Gasteiger charge is -2.45. The topological polar surface area (TPSA) is 139 Å². The van der Waals surface area contributed by atoms with Crippen molar-refractivity contribution in [2.45, 2.75) is 44.5 Å². The van der Waals surface area contributed by atoms with Crippen LogP contribution in [0.2, 0.25) is 0 Å². The summed E-state index contributed by atoms with van der Waals surface area (Å²) in [5.74, 6) is 0.870. The van der Waals surface area contributed by atoms with Gasteiger partial charge in [0.2, 0.25) is 5.91 Å². The Labute approximate surface area is 203 Å². The number of amides is 1. The zero-order valence-electron chi connectivity index (χ0n) is 20.2. The summed E-state index contributed by atoms with van der Waals surface area (Å²) in [5, 5.41) is 3.51. The number of aromatic nitrogens is 4. The highest BCUT2D eigenvalue weighted by molar-refractivity contribution is 7.91. The summed E-state index contributed by atoms with van der Waals surface area (Å²) in [5.41, 5.74) is 1.83. The monoisotopic (exact) mass is 500 g/mol. The van der Waals surface area contributed by atoms with E-state index in [9.17, 15) is 13.2 Å². The highest BCUT2D eigenvalue weighted by Gasteiger charge is 2.44. The van der Waals surface area contributed by atoms with Crippen LogP contribution < -0.4 is 15.0 Å². The fourth-order valence-corrected chi connectivity index (χ4v) is 5.05. The van der Waals surface area contributed by atoms with Gasteiger partial charge in [0.25, 0.3) is 0 Å². The average molecular weight is 501 g/mol. The third-order valence-corrected chi connectivity index (χ3v) is 8.72. The van der Waals surface area contributed by atoms with Crippen molar-refractivity contribution in [2.75, 3.05) is 36.3 Å². The van der Waals surface area contributed by atoms with Crippen LogP contribution >= 0.6 is 0 Å². The van der Waals surface area contributed by atoms with Gasteiger partial charge in [-0.3, -0.25) is 4.79 Å². The van der Waals surface area contributed by atoms with Crippen LogP contribution in [0.25, 0.3) is 22.4 Å². The molecule has 1 amide bonds. The van der Waals surface area contributed by atoms with E-state index in [4.69, 9.17) is 19.4 Å². The summed E-state index contributed by atoms with van der Waals surface area (Å²) >= 11 is 0. The molecular weight excluding hydrogens is 472 g/mol. The number of pyridine rings is 1. The molecule has 1 saturated heterocycles. The van der Waals surface area contributed by atoms with E-state index in [0.29, 0.717) is 53.7 Å². The maximum Gasteiger partial charge on any atom is 0.221 e. The molecule has 3 aromatic rings. The molecule has 0 spiro atoms. The Morgan fingerprint density at radius 3 is 2.74 bits per heavy atom. The Balaban J connectivity index is 1.84. The summed E-state index contributed by atoms with van der Waals surface area (Å²) in [7, 11) is -3.59. The van der Waals surface area contributed by atoms with E-state index in [-0.39, 0.29) is 29.5 Å². The lowest BCUT2D eigenvalue weighted by atomic mass is 10.0. The Bertz CT molecular complexity index is 1430. The predicted molar refractivity (Wildman–Crippen MR) is 131 cm³/mol. The van der Waals surface area contributed by atoms with Crippen LogP contribution in [0.5, 0.6) is 5.75 Å². The number of anilines is 2. The number of hydrogen-bond acceptors (Lipinski definition) is 9. The Hall–Kier alpha value is -3.25. The van der Waals surface area contributed by atoms with Gasteiger partial charge in [-0.15, -0.1) is 0 Å². The van der Waals surface area contributed by atoms with E-state index < -0.39 is 14.6 Å². The minimum absolute atomic E-state index is 0.00659. The van der Waals surface area contributed by atoms with Gasteiger partial charge in [-0.1, -0.05) is 0 Å². The molecule has 0 bridgehead atoms. The number of carbonyl (C=O) groups excluding carboxylic acids is 1. The van der Waals surface area contributed by atoms with Crippen LogP contribution in [-0.2, 0) is 24.1 Å². The van der Waals surface area contributed by atoms with Crippen LogP contribution in [0, 0.1) is 0 Å². The molecule has 5 heterocycles. The van der Waals surface area contributed by atoms with Crippen LogP contribution in [0.3, 0.4) is 0 Å². The van der Waals surface area contributed by atoms with Crippen molar-refractivity contribution in [1.29, 1.82) is 0 Å². The molecule has 2 aliphatic heterocycles. The normalized spacial score (nSPS) is 20.2. The van der Waals surface area contributed by atoms with Crippen molar-refractivity contribution in [3.05, 3.63) is 24.2 Å². The fourth-order valence-electron chi connectivity index (χ4n) is 4.56. The second-order valence-electron chi connectivity index (χ2n) is 9.56. The van der Waals surface area contributed by atoms with Gasteiger partial charge in [-0.25, -0.2) is 23.4 Å². The fraction of sp³-hybridized carbons (Fsp3) is 0.478. The third-order valence-electron chi connectivity index (χ3n) is 6.67. The zero-order chi connectivity index (χ0) is 25.1. The third kappa shape index (κ3) is 3.80. The van der Waals surface area contributed by atoms with Gasteiger partial charge in [0.05, 0.1) is 42.7 Å². The van der Waals surface area contributed by atoms with E-state index in [1.807, 2.05) is 13.0 Å². The van der Waals surface area contributed by atoms with Crippen molar-refractivity contribution in [3.8, 4) is 17.1 Å². The van der Waals surface area contributed by atoms with Crippen molar-refractivity contribution >= 4 is 38.3 Å². The Kier molecular flexibility index (Phi) is 5.48. The molecular formula is C23H28N6O5S. The molecule has 0 aromatic carbocycles. The minimum Gasteiger partial charge on any atom is -0.486 e. The molecule has 12 heteroatoms. The smallest absolute Gasteiger partial charge is 0.221 e. The first-order chi connectivity index (χ1) is 16.5. The number of hydrogen-bond donors (Lipinski definition) is 2. The summed E-state index contributed by atoms with van der Waals surface area (Å²) < 4.78 is 36.3. The summed E-state index contributed by atoms with van der Waals surface area (Å²) in [6, 6.07) is 1.75. The first-order valence-corrected chi connectivity index (χ1v) is 13.2. The largest absolute Gasteiger partial charge is 0.486 e. The number of ether oxygens (including phenoxy) is 2. The second-order valence-corrected chi connectivity index (χ2v) is 12.1. The zero-order valence-corrected chi connectivity index (χ0v) is 21.1. The maximum atomic E-state index is 12.9. The molecule has 35 heavy (non-hydrogen) atoms. The van der Waals surface area contributed by atoms with Crippen LogP contribution in [0.4, 0.5) is 11.5 Å². The van der Waals surface area contributed by atoms with Gasteiger partial charge in [0, 0.05) is 24.8 Å². The summed E-state index contributed by atoms with van der Waals surface area (Å²) in [6.45, 7) is 7.98. The number of morpholine rings is 1. The molecule has 11 nitrogen and oxygen atoms in total. The summed E-state index contributed by atoms with van der Waals surface area (Å²) in [4.78, 5) is 31.3. The first-order valence-electron chi connectivity index (χ1n) is 11.3. The van der Waals surface area contributed by atoms with Crippen molar-refractivity contribution in [3.63, 3.8) is 0 Å². The van der Waals surface area contributed by atoms with E-state index in [0.717, 1.165) is 0 Å². The Morgan fingerprint density at radius 2 is 2.03 bits per heavy atom. The van der Waals surface area contributed by atoms with Crippen LogP contribution in [0.1, 0.15) is 33.4 Å². The number of rotatable bonds is 4. The van der Waals surface area contributed by atoms with Crippen molar-refractivity contribution in [1.82, 2.24) is 19.9 Å². The van der Waals surface area contributed by atoms with E-state index >= 15 is 0 Å². The average Bonchev–Trinajstić information content (AvgIpc) is 3.25. The molecule has 3 aromatic heterocycles. The van der Waals surface area contributed by atoms with Crippen LogP contribution in [0.15, 0.2) is 18.5 Å². The highest BCUT2D eigenvalue weighted by Crippen LogP contribution is 2.45. The molecule has 0 aliphatic carbocycles. The number of H-pyrrole nitrogens is 1. The molecule has 5 rings (SSSR count). The molecule has 2 aliphatic rings. The van der Waals surface area contributed by atoms with Crippen molar-refractivity contribution in [2.24, 2.45) is 0 Å². The molecule has 2 atom stereocenters. The predicted octanol–water partition coefficient (Wildman–Crippen LogP) is 2.24. The van der Waals surface area contributed by atoms with Gasteiger partial charge in [0.1, 0.15) is 22.7 Å². The molecule has 1 fully saturated rings. The summed E-state index contributed by atoms with van der Waals surface area (Å²) in [6.07, 6.45) is 4.46. The number of carbonyl (C=O) groups is 1. The standard InChI is InChI=1S/C23H28N6O5S/c1-12-9-33-10-14-11-34-18-19(23(3,4)35(5,31)32)27-21(28-22(18)29(12)14)17-15-6-7-24-20(15)25-8-16(17)26-13(2)30/h6-8,12,14H,9-11H2,1-5H3,(H,24,25)(H,26,30). The van der Waals surface area contributed by atoms with Crippen LogP contribution in [-0.4, -0.2) is 72.4 Å². The first kappa shape index (κ1) is 23.5. The lowest BCUT2D eigenvalue weighted by molar-refractivity contribution is -0.114. The molecule has 2 N–H and O–H groups in total. The Morgan fingerprint density at radius 1 is 1.26 bits per heavy atom. The number of aromatic amines is 1. The second kappa shape index (κ2) is 8.16. The van der Waals surface area contributed by atoms with E-state index in [1.54, 1.807) is 20.0 Å². The lowest BCUT2D eigenvalue weighted by Crippen LogP contribution is -2.56. The van der Waals surface area contributed by atoms with Gasteiger partial charge in [-0.05, 0) is 26.8 Å². The number of nitrogens with one attached hydrogen (secondary N) is 2. The SMILES string of the molecule is CC(=O)Nc1cnc2[nH]ccc2c1-c1nc2c(c(C(C)(C)S(C)(=O)=O)n1)OCC1COCC(C)N21. The number of nitrogens with zero attached hydrogens (tertiary/aromatic N) is 4. The molecule has 0 radical (unpaired) electrons. The van der Waals surface area contributed by atoms with E-state index in [1.165, 1.54) is 19.4 Å². The van der Waals surface area contributed by atoms with Gasteiger partial charge < -0.3 is 24.7 Å². The minimum atomic E-state index is -3.59. The molecule has 186 valence electrons. The van der Waals surface area contributed by atoms with Gasteiger partial charge >= 0.3 is 0 Å².